The van der Waals surface area contributed by atoms with Crippen LogP contribution in [0.4, 0.5) is 5.69 Å². The van der Waals surface area contributed by atoms with Crippen LogP contribution in [0.3, 0.4) is 0 Å². The van der Waals surface area contributed by atoms with Crippen LogP contribution in [-0.4, -0.2) is 35.7 Å². The molecule has 2 spiro atoms. The zero-order chi connectivity index (χ0) is 22.8. The minimum atomic E-state index is -0.525. The highest BCUT2D eigenvalue weighted by Crippen LogP contribution is 2.63. The Labute approximate surface area is 206 Å². The minimum Gasteiger partial charge on any atom is -0.383 e. The van der Waals surface area contributed by atoms with Crippen molar-refractivity contribution in [3.8, 4) is 0 Å². The van der Waals surface area contributed by atoms with Crippen molar-refractivity contribution in [2.75, 3.05) is 18.4 Å². The Morgan fingerprint density at radius 2 is 1.71 bits per heavy atom. The van der Waals surface area contributed by atoms with Crippen molar-refractivity contribution in [2.45, 2.75) is 75.4 Å². The van der Waals surface area contributed by atoms with Gasteiger partial charge < -0.3 is 15.4 Å². The molecular formula is C27H34ClN3O3. The van der Waals surface area contributed by atoms with E-state index in [4.69, 9.17) is 26.1 Å². The maximum atomic E-state index is 6.84. The van der Waals surface area contributed by atoms with E-state index in [0.29, 0.717) is 22.9 Å². The van der Waals surface area contributed by atoms with Crippen molar-refractivity contribution in [3.05, 3.63) is 35.5 Å². The molecule has 1 saturated heterocycles. The molecular weight excluding hydrogens is 450 g/mol. The number of anilines is 1. The average Bonchev–Trinajstić information content (AvgIpc) is 3.21. The number of fused-ring (bicyclic) bond motifs is 1. The number of pyridine rings is 1. The lowest BCUT2D eigenvalue weighted by Crippen LogP contribution is -2.59. The smallest absolute Gasteiger partial charge is 0.210 e. The summed E-state index contributed by atoms with van der Waals surface area (Å²) < 4.78 is 6.84. The highest BCUT2D eigenvalue weighted by atomic mass is 35.5. The van der Waals surface area contributed by atoms with Gasteiger partial charge in [0.15, 0.2) is 0 Å². The Balaban J connectivity index is 0.912. The van der Waals surface area contributed by atoms with Gasteiger partial charge >= 0.3 is 0 Å². The van der Waals surface area contributed by atoms with E-state index < -0.39 is 11.6 Å². The van der Waals surface area contributed by atoms with E-state index >= 15 is 0 Å². The summed E-state index contributed by atoms with van der Waals surface area (Å²) in [4.78, 5) is 16.7. The molecule has 0 amide bonds. The van der Waals surface area contributed by atoms with Gasteiger partial charge in [0.1, 0.15) is 0 Å². The zero-order valence-corrected chi connectivity index (χ0v) is 20.4. The van der Waals surface area contributed by atoms with Gasteiger partial charge in [0, 0.05) is 66.1 Å². The minimum absolute atomic E-state index is 0.449. The van der Waals surface area contributed by atoms with E-state index in [2.05, 4.69) is 15.6 Å². The van der Waals surface area contributed by atoms with Crippen LogP contribution in [0.25, 0.3) is 10.9 Å². The molecule has 2 N–H and O–H groups in total. The van der Waals surface area contributed by atoms with E-state index in [1.165, 1.54) is 32.1 Å². The number of hydrogen-bond donors (Lipinski definition) is 2. The fourth-order valence-corrected chi connectivity index (χ4v) is 7.97. The molecule has 2 aromatic rings. The average molecular weight is 484 g/mol. The van der Waals surface area contributed by atoms with Gasteiger partial charge in [-0.05, 0) is 81.0 Å². The Hall–Kier alpha value is -1.44. The van der Waals surface area contributed by atoms with Gasteiger partial charge in [-0.15, -0.1) is 0 Å². The lowest BCUT2D eigenvalue weighted by Gasteiger charge is -2.57. The molecule has 2 heterocycles. The molecule has 0 unspecified atom stereocenters. The molecule has 5 aliphatic carbocycles. The molecule has 1 aromatic heterocycles. The Morgan fingerprint density at radius 1 is 0.941 bits per heavy atom. The van der Waals surface area contributed by atoms with Gasteiger partial charge in [0.05, 0.1) is 5.52 Å². The summed E-state index contributed by atoms with van der Waals surface area (Å²) in [6.45, 7) is 1.76. The standard InChI is InChI=1S/C27H34ClN3O3/c28-21-1-2-23-24(5-8-30-25(23)16-21)31-10-9-29-22-3-6-26(7-4-22)32-27(34-33-26)19-12-17-11-18(14-19)15-20(27)13-17/h1-2,5,8,16-20,22,29H,3-4,6-7,9-15H2,(H,30,31). The number of benzene rings is 1. The van der Waals surface area contributed by atoms with E-state index in [0.717, 1.165) is 67.2 Å². The van der Waals surface area contributed by atoms with E-state index in [1.54, 1.807) is 0 Å². The lowest BCUT2D eigenvalue weighted by molar-refractivity contribution is -0.390. The van der Waals surface area contributed by atoms with Crippen LogP contribution in [0.2, 0.25) is 5.02 Å². The Kier molecular flexibility index (Phi) is 5.33. The number of hydrogen-bond acceptors (Lipinski definition) is 6. The van der Waals surface area contributed by atoms with Crippen LogP contribution < -0.4 is 10.6 Å². The monoisotopic (exact) mass is 483 g/mol. The van der Waals surface area contributed by atoms with Gasteiger partial charge in [-0.25, -0.2) is 0 Å². The fraction of sp³-hybridized carbons (Fsp3) is 0.667. The number of nitrogens with zero attached hydrogens (tertiary/aromatic N) is 1. The van der Waals surface area contributed by atoms with Crippen LogP contribution in [0.1, 0.15) is 57.8 Å². The summed E-state index contributed by atoms with van der Waals surface area (Å²) in [5, 5.41) is 9.09. The first-order valence-electron chi connectivity index (χ1n) is 13.2. The molecule has 1 aliphatic heterocycles. The summed E-state index contributed by atoms with van der Waals surface area (Å²) in [6, 6.07) is 8.36. The molecule has 6 aliphatic rings. The molecule has 182 valence electrons. The Morgan fingerprint density at radius 3 is 2.47 bits per heavy atom. The second kappa shape index (κ2) is 8.31. The normalized spacial score (nSPS) is 40.6. The summed E-state index contributed by atoms with van der Waals surface area (Å²) >= 11 is 6.11. The number of nitrogens with one attached hydrogen (secondary N) is 2. The fourth-order valence-electron chi connectivity index (χ4n) is 7.81. The van der Waals surface area contributed by atoms with Crippen molar-refractivity contribution >= 4 is 28.2 Å². The maximum absolute atomic E-state index is 6.84. The summed E-state index contributed by atoms with van der Waals surface area (Å²) in [5.74, 6) is 1.88. The quantitative estimate of drug-likeness (QED) is 0.422. The molecule has 5 saturated carbocycles. The maximum Gasteiger partial charge on any atom is 0.210 e. The van der Waals surface area contributed by atoms with Crippen LogP contribution in [0, 0.1) is 23.7 Å². The van der Waals surface area contributed by atoms with Crippen LogP contribution in [0.5, 0.6) is 0 Å². The number of rotatable bonds is 5. The predicted octanol–water partition coefficient (Wildman–Crippen LogP) is 5.66. The first kappa shape index (κ1) is 21.8. The summed E-state index contributed by atoms with van der Waals surface area (Å²) in [6.07, 6.45) is 12.2. The number of halogens is 1. The van der Waals surface area contributed by atoms with Crippen molar-refractivity contribution in [2.24, 2.45) is 23.7 Å². The second-order valence-corrected chi connectivity index (χ2v) is 11.8. The summed E-state index contributed by atoms with van der Waals surface area (Å²) in [5.41, 5.74) is 2.01. The zero-order valence-electron chi connectivity index (χ0n) is 19.6. The van der Waals surface area contributed by atoms with Crippen molar-refractivity contribution in [1.29, 1.82) is 0 Å². The number of aromatic nitrogens is 1. The number of ether oxygens (including phenoxy) is 1. The third-order valence-corrected chi connectivity index (χ3v) is 9.51. The van der Waals surface area contributed by atoms with E-state index in [1.807, 2.05) is 30.5 Å². The van der Waals surface area contributed by atoms with Gasteiger partial charge in [-0.2, -0.15) is 9.78 Å². The van der Waals surface area contributed by atoms with E-state index in [9.17, 15) is 0 Å². The molecule has 6 nitrogen and oxygen atoms in total. The van der Waals surface area contributed by atoms with Gasteiger partial charge in [-0.1, -0.05) is 11.6 Å². The molecule has 1 aromatic carbocycles. The predicted molar refractivity (Wildman–Crippen MR) is 131 cm³/mol. The lowest BCUT2D eigenvalue weighted by atomic mass is 9.53. The first-order chi connectivity index (χ1) is 16.6. The molecule has 7 heteroatoms. The van der Waals surface area contributed by atoms with Crippen molar-refractivity contribution in [3.63, 3.8) is 0 Å². The van der Waals surface area contributed by atoms with Crippen LogP contribution in [0.15, 0.2) is 30.5 Å². The molecule has 0 radical (unpaired) electrons. The van der Waals surface area contributed by atoms with Crippen molar-refractivity contribution in [1.82, 2.24) is 10.3 Å². The molecule has 0 atom stereocenters. The van der Waals surface area contributed by atoms with Crippen LogP contribution >= 0.6 is 11.6 Å². The SMILES string of the molecule is Clc1ccc2c(NCCNC3CCC4(CC3)OOC3(O4)C4CC5CC(C4)CC3C5)ccnc2c1. The highest BCUT2D eigenvalue weighted by Gasteiger charge is 2.66. The van der Waals surface area contributed by atoms with Gasteiger partial charge in [0.25, 0.3) is 0 Å². The first-order valence-corrected chi connectivity index (χ1v) is 13.6. The Bertz CT molecular complexity index is 1040. The topological polar surface area (TPSA) is 64.6 Å². The summed E-state index contributed by atoms with van der Waals surface area (Å²) in [7, 11) is 0. The third-order valence-electron chi connectivity index (χ3n) is 9.27. The molecule has 34 heavy (non-hydrogen) atoms. The third kappa shape index (κ3) is 3.65. The molecule has 6 fully saturated rings. The highest BCUT2D eigenvalue weighted by molar-refractivity contribution is 6.31. The van der Waals surface area contributed by atoms with Crippen LogP contribution in [-0.2, 0) is 14.5 Å². The van der Waals surface area contributed by atoms with Crippen molar-refractivity contribution < 1.29 is 14.5 Å². The van der Waals surface area contributed by atoms with E-state index in [-0.39, 0.29) is 0 Å². The largest absolute Gasteiger partial charge is 0.383 e. The molecule has 8 rings (SSSR count). The molecule has 4 bridgehead atoms. The van der Waals surface area contributed by atoms with Gasteiger partial charge in [0.2, 0.25) is 11.6 Å². The second-order valence-electron chi connectivity index (χ2n) is 11.4. The van der Waals surface area contributed by atoms with Gasteiger partial charge in [-0.3, -0.25) is 4.98 Å².